The van der Waals surface area contributed by atoms with Gasteiger partial charge in [0.25, 0.3) is 5.91 Å². The molecule has 2 fully saturated rings. The summed E-state index contributed by atoms with van der Waals surface area (Å²) in [6, 6.07) is 3.47. The minimum atomic E-state index is -0.732. The van der Waals surface area contributed by atoms with Gasteiger partial charge in [0, 0.05) is 30.6 Å². The molecule has 7 nitrogen and oxygen atoms in total. The molecule has 4 rings (SSSR count). The number of benzene rings is 1. The van der Waals surface area contributed by atoms with Crippen LogP contribution >= 0.6 is 0 Å². The van der Waals surface area contributed by atoms with Gasteiger partial charge in [0.05, 0.1) is 24.1 Å². The number of amides is 1. The molecule has 1 saturated heterocycles. The lowest BCUT2D eigenvalue weighted by Crippen LogP contribution is -2.36. The number of hydrogen-bond acceptors (Lipinski definition) is 6. The van der Waals surface area contributed by atoms with Gasteiger partial charge in [0.15, 0.2) is 0 Å². The number of halogens is 1. The van der Waals surface area contributed by atoms with Crippen molar-refractivity contribution in [3.8, 4) is 23.1 Å². The number of rotatable bonds is 5. The number of nitrogens with one attached hydrogen (secondary N) is 1. The summed E-state index contributed by atoms with van der Waals surface area (Å²) in [5, 5.41) is 12.0. The van der Waals surface area contributed by atoms with Gasteiger partial charge >= 0.3 is 0 Å². The van der Waals surface area contributed by atoms with Gasteiger partial charge < -0.3 is 20.9 Å². The molecule has 162 valence electrons. The van der Waals surface area contributed by atoms with E-state index in [1.54, 1.807) is 12.3 Å². The first kappa shape index (κ1) is 21.2. The van der Waals surface area contributed by atoms with Crippen molar-refractivity contribution >= 4 is 11.7 Å². The summed E-state index contributed by atoms with van der Waals surface area (Å²) in [6.45, 7) is 1.00. The number of hydrogen-bond donors (Lipinski definition) is 3. The Kier molecular flexibility index (Phi) is 6.44. The van der Waals surface area contributed by atoms with Crippen LogP contribution in [0.25, 0.3) is 11.3 Å². The van der Waals surface area contributed by atoms with E-state index in [0.717, 1.165) is 31.4 Å². The lowest BCUT2D eigenvalue weighted by atomic mass is 9.96. The summed E-state index contributed by atoms with van der Waals surface area (Å²) in [7, 11) is 0. The number of anilines is 1. The van der Waals surface area contributed by atoms with Gasteiger partial charge in [-0.3, -0.25) is 4.79 Å². The zero-order chi connectivity index (χ0) is 21.8. The van der Waals surface area contributed by atoms with Crippen molar-refractivity contribution in [1.82, 2.24) is 15.3 Å². The van der Waals surface area contributed by atoms with Crippen LogP contribution in [0, 0.1) is 23.6 Å². The number of nitrogens with zero attached hydrogens (tertiary/aromatic N) is 2. The summed E-state index contributed by atoms with van der Waals surface area (Å²) < 4.78 is 20.2. The first-order chi connectivity index (χ1) is 15.0. The van der Waals surface area contributed by atoms with Gasteiger partial charge in [0.1, 0.15) is 23.4 Å². The SMILES string of the molecule is Nc1ncc(C2CCOCC2)nc1-c1ccc(C(=O)NC(C#CC2CC2)CO)c(F)c1. The normalized spacial score (nSPS) is 17.5. The molecule has 1 amide bonds. The molecule has 1 atom stereocenters. The number of aliphatic hydroxyl groups excluding tert-OH is 1. The van der Waals surface area contributed by atoms with E-state index in [1.165, 1.54) is 12.1 Å². The molecule has 2 heterocycles. The van der Waals surface area contributed by atoms with E-state index in [1.807, 2.05) is 0 Å². The minimum Gasteiger partial charge on any atom is -0.393 e. The van der Waals surface area contributed by atoms with Crippen molar-refractivity contribution in [1.29, 1.82) is 0 Å². The van der Waals surface area contributed by atoms with E-state index in [4.69, 9.17) is 10.5 Å². The highest BCUT2D eigenvalue weighted by molar-refractivity contribution is 5.95. The lowest BCUT2D eigenvalue weighted by molar-refractivity contribution is 0.0844. The number of carbonyl (C=O) groups excluding carboxylic acids is 1. The zero-order valence-corrected chi connectivity index (χ0v) is 17.1. The predicted molar refractivity (Wildman–Crippen MR) is 113 cm³/mol. The highest BCUT2D eigenvalue weighted by Gasteiger charge is 2.22. The largest absolute Gasteiger partial charge is 0.393 e. The second kappa shape index (κ2) is 9.41. The van der Waals surface area contributed by atoms with Crippen LogP contribution in [0.5, 0.6) is 0 Å². The Morgan fingerprint density at radius 3 is 2.77 bits per heavy atom. The van der Waals surface area contributed by atoms with Crippen LogP contribution in [0.3, 0.4) is 0 Å². The highest BCUT2D eigenvalue weighted by atomic mass is 19.1. The molecule has 1 aromatic carbocycles. The number of aromatic nitrogens is 2. The van der Waals surface area contributed by atoms with E-state index in [2.05, 4.69) is 27.1 Å². The molecule has 1 aliphatic carbocycles. The third-order valence-corrected chi connectivity index (χ3v) is 5.47. The molecule has 0 radical (unpaired) electrons. The summed E-state index contributed by atoms with van der Waals surface area (Å²) in [5.41, 5.74) is 7.50. The van der Waals surface area contributed by atoms with Crippen molar-refractivity contribution < 1.29 is 19.0 Å². The lowest BCUT2D eigenvalue weighted by Gasteiger charge is -2.22. The summed E-state index contributed by atoms with van der Waals surface area (Å²) in [4.78, 5) is 21.3. The fourth-order valence-electron chi connectivity index (χ4n) is 3.47. The molecule has 2 aliphatic rings. The number of carbonyl (C=O) groups is 1. The van der Waals surface area contributed by atoms with Crippen molar-refractivity contribution in [2.75, 3.05) is 25.6 Å². The molecule has 4 N–H and O–H groups in total. The fraction of sp³-hybridized carbons (Fsp3) is 0.435. The highest BCUT2D eigenvalue weighted by Crippen LogP contribution is 2.30. The van der Waals surface area contributed by atoms with E-state index < -0.39 is 17.8 Å². The van der Waals surface area contributed by atoms with E-state index in [-0.39, 0.29) is 23.9 Å². The number of ether oxygens (including phenoxy) is 1. The van der Waals surface area contributed by atoms with Gasteiger partial charge in [-0.15, -0.1) is 0 Å². The van der Waals surface area contributed by atoms with Crippen LogP contribution in [-0.4, -0.2) is 46.8 Å². The molecule has 0 bridgehead atoms. The number of nitrogen functional groups attached to an aromatic ring is 1. The van der Waals surface area contributed by atoms with Crippen LogP contribution in [-0.2, 0) is 4.74 Å². The van der Waals surface area contributed by atoms with Gasteiger partial charge in [-0.2, -0.15) is 0 Å². The molecule has 1 aliphatic heterocycles. The number of nitrogens with two attached hydrogens (primary N) is 1. The summed E-state index contributed by atoms with van der Waals surface area (Å²) in [5.74, 6) is 5.24. The standard InChI is InChI=1S/C23H25FN4O3/c24-19-11-16(21-22(25)26-12-20(28-21)15-7-9-31-10-8-15)4-6-18(19)23(30)27-17(13-29)5-3-14-1-2-14/h4,6,11-12,14-15,17,29H,1-2,7-10,13H2,(H2,25,26)(H,27,30). The Labute approximate surface area is 180 Å². The molecule has 1 unspecified atom stereocenters. The van der Waals surface area contributed by atoms with E-state index >= 15 is 0 Å². The zero-order valence-electron chi connectivity index (χ0n) is 17.1. The molecule has 0 spiro atoms. The Morgan fingerprint density at radius 1 is 1.32 bits per heavy atom. The van der Waals surface area contributed by atoms with Gasteiger partial charge in [0.2, 0.25) is 0 Å². The topological polar surface area (TPSA) is 110 Å². The Bertz CT molecular complexity index is 1020. The van der Waals surface area contributed by atoms with Crippen molar-refractivity contribution in [2.45, 2.75) is 37.6 Å². The van der Waals surface area contributed by atoms with Crippen LogP contribution in [0.2, 0.25) is 0 Å². The molecule has 2 aromatic rings. The first-order valence-corrected chi connectivity index (χ1v) is 10.5. The molecule has 31 heavy (non-hydrogen) atoms. The minimum absolute atomic E-state index is 0.137. The predicted octanol–water partition coefficient (Wildman–Crippen LogP) is 2.26. The molecule has 8 heteroatoms. The van der Waals surface area contributed by atoms with Gasteiger partial charge in [-0.05, 0) is 37.8 Å². The van der Waals surface area contributed by atoms with Crippen molar-refractivity contribution in [3.05, 3.63) is 41.5 Å². The van der Waals surface area contributed by atoms with Crippen molar-refractivity contribution in [3.63, 3.8) is 0 Å². The summed E-state index contributed by atoms with van der Waals surface area (Å²) >= 11 is 0. The average molecular weight is 424 g/mol. The van der Waals surface area contributed by atoms with E-state index in [9.17, 15) is 14.3 Å². The van der Waals surface area contributed by atoms with Crippen LogP contribution in [0.15, 0.2) is 24.4 Å². The molecule has 1 saturated carbocycles. The Balaban J connectivity index is 1.53. The van der Waals surface area contributed by atoms with Crippen molar-refractivity contribution in [2.24, 2.45) is 5.92 Å². The molecule has 1 aromatic heterocycles. The second-order valence-electron chi connectivity index (χ2n) is 7.88. The summed E-state index contributed by atoms with van der Waals surface area (Å²) in [6.07, 6.45) is 5.43. The maximum Gasteiger partial charge on any atom is 0.255 e. The number of aliphatic hydroxyl groups is 1. The average Bonchev–Trinajstić information content (AvgIpc) is 3.62. The van der Waals surface area contributed by atoms with Crippen LogP contribution < -0.4 is 11.1 Å². The first-order valence-electron chi connectivity index (χ1n) is 10.5. The third-order valence-electron chi connectivity index (χ3n) is 5.47. The molecular weight excluding hydrogens is 399 g/mol. The maximum atomic E-state index is 14.8. The van der Waals surface area contributed by atoms with Crippen LogP contribution in [0.4, 0.5) is 10.2 Å². The van der Waals surface area contributed by atoms with Gasteiger partial charge in [-0.25, -0.2) is 14.4 Å². The van der Waals surface area contributed by atoms with Gasteiger partial charge in [-0.1, -0.05) is 17.9 Å². The van der Waals surface area contributed by atoms with Crippen LogP contribution in [0.1, 0.15) is 47.7 Å². The third kappa shape index (κ3) is 5.19. The Hall–Kier alpha value is -3.02. The quantitative estimate of drug-likeness (QED) is 0.635. The smallest absolute Gasteiger partial charge is 0.255 e. The molecular formula is C23H25FN4O3. The maximum absolute atomic E-state index is 14.8. The second-order valence-corrected chi connectivity index (χ2v) is 7.88. The monoisotopic (exact) mass is 424 g/mol. The Morgan fingerprint density at radius 2 is 2.10 bits per heavy atom. The fourth-order valence-corrected chi connectivity index (χ4v) is 3.47. The van der Waals surface area contributed by atoms with E-state index in [0.29, 0.717) is 30.4 Å².